The van der Waals surface area contributed by atoms with Gasteiger partial charge in [-0.15, -0.1) is 22.9 Å². The summed E-state index contributed by atoms with van der Waals surface area (Å²) in [6, 6.07) is 7.93. The Morgan fingerprint density at radius 1 is 1.15 bits per heavy atom. The minimum atomic E-state index is -0.211. The highest BCUT2D eigenvalue weighted by atomic mass is 79.9. The normalized spacial score (nSPS) is 13.0. The monoisotopic (exact) mass is 370 g/mol. The molecule has 104 valence electrons. The molecule has 0 N–H and O–H groups in total. The van der Waals surface area contributed by atoms with Crippen LogP contribution in [0.1, 0.15) is 16.5 Å². The van der Waals surface area contributed by atoms with Gasteiger partial charge in [0.1, 0.15) is 0 Å². The number of benzene rings is 1. The molecule has 0 aliphatic heterocycles. The van der Waals surface area contributed by atoms with Crippen LogP contribution in [0.2, 0.25) is 0 Å². The lowest BCUT2D eigenvalue weighted by Gasteiger charge is -2.08. The number of aryl methyl sites for hydroxylation is 2. The second-order valence-corrected chi connectivity index (χ2v) is 7.42. The molecular weight excluding hydrogens is 360 g/mol. The summed E-state index contributed by atoms with van der Waals surface area (Å²) in [4.78, 5) is 11.9. The Labute approximate surface area is 133 Å². The Bertz CT molecular complexity index is 849. The smallest absolute Gasteiger partial charge is 0.295 e. The first-order valence-corrected chi connectivity index (χ1v) is 8.13. The van der Waals surface area contributed by atoms with Gasteiger partial charge in [-0.1, -0.05) is 6.07 Å². The lowest BCUT2D eigenvalue weighted by atomic mass is 10.1. The van der Waals surface area contributed by atoms with Crippen LogP contribution in [0, 0.1) is 0 Å². The molecule has 2 aromatic heterocycles. The minimum Gasteiger partial charge on any atom is -0.295 e. The molecule has 0 saturated heterocycles. The summed E-state index contributed by atoms with van der Waals surface area (Å²) >= 11 is 11.6. The van der Waals surface area contributed by atoms with Gasteiger partial charge in [-0.05, 0) is 50.6 Å². The number of hydrogen-bond donors (Lipinski definition) is 0. The second-order valence-electron chi connectivity index (χ2n) is 4.70. The lowest BCUT2D eigenvalue weighted by molar-refractivity contribution is 0.795. The number of fused-ring (bicyclic) bond motifs is 1. The largest absolute Gasteiger partial charge is 0.328 e. The van der Waals surface area contributed by atoms with Gasteiger partial charge in [0.05, 0.1) is 20.2 Å². The van der Waals surface area contributed by atoms with Crippen LogP contribution in [0.25, 0.3) is 11.0 Å². The summed E-state index contributed by atoms with van der Waals surface area (Å²) in [5.74, 6) is 0. The van der Waals surface area contributed by atoms with Gasteiger partial charge in [0.2, 0.25) is 0 Å². The number of thiophene rings is 1. The highest BCUT2D eigenvalue weighted by molar-refractivity contribution is 9.11. The number of imidazole rings is 1. The average molecular weight is 372 g/mol. The summed E-state index contributed by atoms with van der Waals surface area (Å²) in [5.41, 5.74) is 3.84. The van der Waals surface area contributed by atoms with Crippen molar-refractivity contribution < 1.29 is 0 Å². The van der Waals surface area contributed by atoms with Crippen molar-refractivity contribution in [2.75, 3.05) is 0 Å². The van der Waals surface area contributed by atoms with Gasteiger partial charge >= 0.3 is 5.69 Å². The van der Waals surface area contributed by atoms with Crippen molar-refractivity contribution in [2.45, 2.75) is 5.38 Å². The van der Waals surface area contributed by atoms with E-state index in [-0.39, 0.29) is 11.1 Å². The number of rotatable bonds is 2. The predicted octanol–water partition coefficient (Wildman–Crippen LogP) is 4.03. The van der Waals surface area contributed by atoms with Crippen LogP contribution in [0.15, 0.2) is 38.2 Å². The molecular formula is C14H12BrClN2OS. The maximum atomic E-state index is 11.9. The van der Waals surface area contributed by atoms with Crippen LogP contribution >= 0.6 is 38.9 Å². The Hall–Kier alpha value is -1.04. The molecule has 0 aliphatic rings. The predicted molar refractivity (Wildman–Crippen MR) is 87.9 cm³/mol. The first-order valence-electron chi connectivity index (χ1n) is 6.02. The fourth-order valence-electron chi connectivity index (χ4n) is 2.33. The van der Waals surface area contributed by atoms with Crippen LogP contribution < -0.4 is 5.69 Å². The van der Waals surface area contributed by atoms with E-state index < -0.39 is 0 Å². The molecule has 3 aromatic rings. The van der Waals surface area contributed by atoms with Crippen LogP contribution in [-0.4, -0.2) is 9.13 Å². The lowest BCUT2D eigenvalue weighted by Crippen LogP contribution is -2.19. The van der Waals surface area contributed by atoms with Crippen LogP contribution in [0.5, 0.6) is 0 Å². The van der Waals surface area contributed by atoms with E-state index in [0.29, 0.717) is 0 Å². The number of halogens is 2. The first-order chi connectivity index (χ1) is 9.49. The van der Waals surface area contributed by atoms with Crippen molar-refractivity contribution in [3.05, 3.63) is 55.0 Å². The van der Waals surface area contributed by atoms with Crippen LogP contribution in [-0.2, 0) is 14.1 Å². The molecule has 20 heavy (non-hydrogen) atoms. The third-order valence-corrected chi connectivity index (χ3v) is 5.50. The van der Waals surface area contributed by atoms with Crippen molar-refractivity contribution >= 4 is 49.9 Å². The van der Waals surface area contributed by atoms with E-state index in [1.54, 1.807) is 34.6 Å². The molecule has 3 nitrogen and oxygen atoms in total. The maximum absolute atomic E-state index is 11.9. The van der Waals surface area contributed by atoms with Gasteiger partial charge in [0, 0.05) is 14.1 Å². The van der Waals surface area contributed by atoms with Gasteiger partial charge in [-0.3, -0.25) is 9.13 Å². The second kappa shape index (κ2) is 5.06. The van der Waals surface area contributed by atoms with E-state index in [9.17, 15) is 4.79 Å². The van der Waals surface area contributed by atoms with E-state index in [1.807, 2.05) is 29.6 Å². The summed E-state index contributed by atoms with van der Waals surface area (Å²) in [6.45, 7) is 0. The van der Waals surface area contributed by atoms with Crippen LogP contribution in [0.4, 0.5) is 0 Å². The van der Waals surface area contributed by atoms with Crippen molar-refractivity contribution in [2.24, 2.45) is 14.1 Å². The summed E-state index contributed by atoms with van der Waals surface area (Å²) < 4.78 is 4.35. The molecule has 1 atom stereocenters. The molecule has 0 fully saturated rings. The van der Waals surface area contributed by atoms with E-state index in [4.69, 9.17) is 11.6 Å². The number of alkyl halides is 1. The molecule has 1 aromatic carbocycles. The van der Waals surface area contributed by atoms with Gasteiger partial charge in [0.15, 0.2) is 0 Å². The first kappa shape index (κ1) is 13.9. The van der Waals surface area contributed by atoms with Gasteiger partial charge in [-0.2, -0.15) is 0 Å². The zero-order chi connectivity index (χ0) is 14.4. The molecule has 3 rings (SSSR count). The molecule has 6 heteroatoms. The third-order valence-electron chi connectivity index (χ3n) is 3.47. The zero-order valence-electron chi connectivity index (χ0n) is 10.9. The highest BCUT2D eigenvalue weighted by Gasteiger charge is 2.15. The zero-order valence-corrected chi connectivity index (χ0v) is 14.1. The van der Waals surface area contributed by atoms with Gasteiger partial charge in [0.25, 0.3) is 0 Å². The SMILES string of the molecule is Cn1c(=O)n(C)c2cc(C(Cl)c3csc(Br)c3)ccc21. The fourth-order valence-corrected chi connectivity index (χ4v) is 3.87. The molecule has 0 aliphatic carbocycles. The summed E-state index contributed by atoms with van der Waals surface area (Å²) in [6.07, 6.45) is 0. The molecule has 2 heterocycles. The van der Waals surface area contributed by atoms with E-state index >= 15 is 0 Å². The summed E-state index contributed by atoms with van der Waals surface area (Å²) in [7, 11) is 3.55. The average Bonchev–Trinajstić information content (AvgIpc) is 2.97. The summed E-state index contributed by atoms with van der Waals surface area (Å²) in [5, 5.41) is 1.83. The molecule has 0 radical (unpaired) electrons. The molecule has 0 spiro atoms. The number of aromatic nitrogens is 2. The molecule has 1 unspecified atom stereocenters. The molecule has 0 saturated carbocycles. The molecule has 0 bridgehead atoms. The van der Waals surface area contributed by atoms with Crippen molar-refractivity contribution in [1.29, 1.82) is 0 Å². The quantitative estimate of drug-likeness (QED) is 0.625. The minimum absolute atomic E-state index is 0.0263. The third kappa shape index (κ3) is 2.14. The van der Waals surface area contributed by atoms with Crippen molar-refractivity contribution in [3.8, 4) is 0 Å². The van der Waals surface area contributed by atoms with E-state index in [0.717, 1.165) is 25.9 Å². The Morgan fingerprint density at radius 2 is 1.85 bits per heavy atom. The van der Waals surface area contributed by atoms with E-state index in [2.05, 4.69) is 15.9 Å². The van der Waals surface area contributed by atoms with Gasteiger partial charge < -0.3 is 0 Å². The highest BCUT2D eigenvalue weighted by Crippen LogP contribution is 2.34. The molecule has 0 amide bonds. The topological polar surface area (TPSA) is 26.9 Å². The van der Waals surface area contributed by atoms with Crippen LogP contribution in [0.3, 0.4) is 0 Å². The Morgan fingerprint density at radius 3 is 2.50 bits per heavy atom. The number of hydrogen-bond acceptors (Lipinski definition) is 2. The Kier molecular flexibility index (Phi) is 3.52. The number of nitrogens with zero attached hydrogens (tertiary/aromatic N) is 2. The Balaban J connectivity index is 2.14. The van der Waals surface area contributed by atoms with E-state index in [1.165, 1.54) is 0 Å². The fraction of sp³-hybridized carbons (Fsp3) is 0.214. The standard InChI is InChI=1S/C14H12BrClN2OS/c1-17-10-4-3-8(5-11(10)18(2)14(17)19)13(16)9-6-12(15)20-7-9/h3-7,13H,1-2H3. The van der Waals surface area contributed by atoms with Crippen molar-refractivity contribution in [3.63, 3.8) is 0 Å². The van der Waals surface area contributed by atoms with Crippen molar-refractivity contribution in [1.82, 2.24) is 9.13 Å². The van der Waals surface area contributed by atoms with Gasteiger partial charge in [-0.25, -0.2) is 4.79 Å². The maximum Gasteiger partial charge on any atom is 0.328 e.